The van der Waals surface area contributed by atoms with E-state index in [0.29, 0.717) is 17.8 Å². The van der Waals surface area contributed by atoms with Gasteiger partial charge in [-0.2, -0.15) is 4.40 Å². The van der Waals surface area contributed by atoms with Crippen molar-refractivity contribution in [1.82, 2.24) is 9.38 Å². The van der Waals surface area contributed by atoms with Crippen LogP contribution >= 0.6 is 15.9 Å². The van der Waals surface area contributed by atoms with Crippen LogP contribution in [0.2, 0.25) is 0 Å². The van der Waals surface area contributed by atoms with Crippen molar-refractivity contribution < 1.29 is 4.92 Å². The number of hydrogen-bond donors (Lipinski definition) is 0. The van der Waals surface area contributed by atoms with E-state index >= 15 is 0 Å². The lowest BCUT2D eigenvalue weighted by molar-refractivity contribution is -0.391. The van der Waals surface area contributed by atoms with Gasteiger partial charge in [0.2, 0.25) is 5.65 Å². The first-order valence-electron chi connectivity index (χ1n) is 4.44. The van der Waals surface area contributed by atoms with Crippen molar-refractivity contribution in [2.24, 2.45) is 0 Å². The molecular formula is C9H8BrN3O2. The monoisotopic (exact) mass is 269 g/mol. The van der Waals surface area contributed by atoms with Gasteiger partial charge in [0.05, 0.1) is 6.20 Å². The zero-order chi connectivity index (χ0) is 11.0. The number of aryl methyl sites for hydroxylation is 1. The van der Waals surface area contributed by atoms with Gasteiger partial charge in [0.25, 0.3) is 0 Å². The summed E-state index contributed by atoms with van der Waals surface area (Å²) in [5.74, 6) is 0.0556. The van der Waals surface area contributed by atoms with Crippen molar-refractivity contribution in [3.05, 3.63) is 38.6 Å². The van der Waals surface area contributed by atoms with E-state index in [9.17, 15) is 10.1 Å². The lowest BCUT2D eigenvalue weighted by Gasteiger charge is -1.94. The molecule has 0 aliphatic carbocycles. The van der Waals surface area contributed by atoms with Gasteiger partial charge in [0.1, 0.15) is 5.69 Å². The number of fused-ring (bicyclic) bond motifs is 1. The third-order valence-electron chi connectivity index (χ3n) is 2.14. The van der Waals surface area contributed by atoms with Gasteiger partial charge in [-0.15, -0.1) is 0 Å². The second kappa shape index (κ2) is 3.62. The second-order valence-corrected chi connectivity index (χ2v) is 3.98. The van der Waals surface area contributed by atoms with Gasteiger partial charge in [0.15, 0.2) is 0 Å². The summed E-state index contributed by atoms with van der Waals surface area (Å²) < 4.78 is 2.35. The van der Waals surface area contributed by atoms with E-state index in [1.165, 1.54) is 4.40 Å². The van der Waals surface area contributed by atoms with Crippen LogP contribution in [0.5, 0.6) is 0 Å². The number of hydrogen-bond acceptors (Lipinski definition) is 3. The van der Waals surface area contributed by atoms with Crippen molar-refractivity contribution in [3.8, 4) is 0 Å². The summed E-state index contributed by atoms with van der Waals surface area (Å²) in [6.45, 7) is 1.85. The molecule has 15 heavy (non-hydrogen) atoms. The minimum Gasteiger partial charge on any atom is -0.358 e. The topological polar surface area (TPSA) is 60.4 Å². The van der Waals surface area contributed by atoms with Crippen molar-refractivity contribution in [2.45, 2.75) is 13.3 Å². The zero-order valence-electron chi connectivity index (χ0n) is 7.98. The highest BCUT2D eigenvalue weighted by atomic mass is 79.9. The maximum atomic E-state index is 10.9. The van der Waals surface area contributed by atoms with E-state index in [0.717, 1.165) is 4.47 Å². The summed E-state index contributed by atoms with van der Waals surface area (Å²) in [5, 5.41) is 10.9. The van der Waals surface area contributed by atoms with Crippen molar-refractivity contribution in [3.63, 3.8) is 0 Å². The van der Waals surface area contributed by atoms with E-state index in [4.69, 9.17) is 0 Å². The first kappa shape index (κ1) is 10.1. The lowest BCUT2D eigenvalue weighted by Crippen LogP contribution is -1.96. The molecule has 0 fully saturated rings. The normalized spacial score (nSPS) is 10.8. The molecule has 2 rings (SSSR count). The van der Waals surface area contributed by atoms with E-state index in [1.54, 1.807) is 18.3 Å². The number of pyridine rings is 1. The zero-order valence-corrected chi connectivity index (χ0v) is 9.56. The molecule has 0 spiro atoms. The van der Waals surface area contributed by atoms with Crippen LogP contribution in [-0.4, -0.2) is 14.3 Å². The summed E-state index contributed by atoms with van der Waals surface area (Å²) in [4.78, 5) is 14.7. The van der Waals surface area contributed by atoms with Crippen LogP contribution < -0.4 is 0 Å². The fraction of sp³-hybridized carbons (Fsp3) is 0.222. The van der Waals surface area contributed by atoms with E-state index in [-0.39, 0.29) is 5.82 Å². The Morgan fingerprint density at radius 2 is 2.40 bits per heavy atom. The lowest BCUT2D eigenvalue weighted by atomic mass is 10.3. The average Bonchev–Trinajstić information content (AvgIpc) is 2.54. The quantitative estimate of drug-likeness (QED) is 0.622. The molecule has 2 heterocycles. The molecule has 0 atom stereocenters. The third-order valence-corrected chi connectivity index (χ3v) is 2.63. The highest BCUT2D eigenvalue weighted by molar-refractivity contribution is 9.10. The minimum atomic E-state index is -0.396. The molecule has 0 radical (unpaired) electrons. The van der Waals surface area contributed by atoms with Crippen molar-refractivity contribution in [2.75, 3.05) is 0 Å². The maximum absolute atomic E-state index is 10.9. The number of nitro groups is 1. The summed E-state index contributed by atoms with van der Waals surface area (Å²) in [6.07, 6.45) is 2.19. The summed E-state index contributed by atoms with van der Waals surface area (Å²) in [5.41, 5.74) is 1.10. The van der Waals surface area contributed by atoms with Gasteiger partial charge >= 0.3 is 5.82 Å². The minimum absolute atomic E-state index is 0.0556. The number of imidazole rings is 1. The van der Waals surface area contributed by atoms with Crippen LogP contribution in [0.4, 0.5) is 5.82 Å². The van der Waals surface area contributed by atoms with Crippen molar-refractivity contribution in [1.29, 1.82) is 0 Å². The number of halogens is 1. The Bertz CT molecular complexity index is 535. The SMILES string of the molecule is CCc1nc2cc(Br)ccn2c1[N+](=O)[O-]. The van der Waals surface area contributed by atoms with Gasteiger partial charge in [-0.05, 0) is 17.4 Å². The highest BCUT2D eigenvalue weighted by Crippen LogP contribution is 2.23. The molecule has 0 amide bonds. The van der Waals surface area contributed by atoms with Crippen LogP contribution in [0, 0.1) is 10.1 Å². The Labute approximate surface area is 94.0 Å². The standard InChI is InChI=1S/C9H8BrN3O2/c1-2-7-9(13(14)15)12-4-3-6(10)5-8(12)11-7/h3-5H,2H2,1H3. The Kier molecular flexibility index (Phi) is 2.44. The Morgan fingerprint density at radius 3 is 3.00 bits per heavy atom. The van der Waals surface area contributed by atoms with Crippen LogP contribution in [0.25, 0.3) is 5.65 Å². The fourth-order valence-electron chi connectivity index (χ4n) is 1.49. The largest absolute Gasteiger partial charge is 0.358 e. The Balaban J connectivity index is 2.80. The van der Waals surface area contributed by atoms with Gasteiger partial charge < -0.3 is 10.1 Å². The molecule has 0 aliphatic rings. The van der Waals surface area contributed by atoms with E-state index in [2.05, 4.69) is 20.9 Å². The molecule has 5 nitrogen and oxygen atoms in total. The highest BCUT2D eigenvalue weighted by Gasteiger charge is 2.20. The molecular weight excluding hydrogens is 262 g/mol. The average molecular weight is 270 g/mol. The third kappa shape index (κ3) is 1.61. The van der Waals surface area contributed by atoms with Crippen LogP contribution in [0.1, 0.15) is 12.6 Å². The molecule has 2 aromatic heterocycles. The van der Waals surface area contributed by atoms with Crippen LogP contribution in [-0.2, 0) is 6.42 Å². The molecule has 0 saturated carbocycles. The summed E-state index contributed by atoms with van der Waals surface area (Å²) in [7, 11) is 0. The first-order chi connectivity index (χ1) is 7.13. The molecule has 0 bridgehead atoms. The molecule has 0 N–H and O–H groups in total. The smallest absolute Gasteiger partial charge is 0.351 e. The molecule has 0 unspecified atom stereocenters. The van der Waals surface area contributed by atoms with Gasteiger partial charge in [-0.25, -0.2) is 4.98 Å². The molecule has 0 saturated heterocycles. The van der Waals surface area contributed by atoms with Crippen LogP contribution in [0.3, 0.4) is 0 Å². The summed E-state index contributed by atoms with van der Waals surface area (Å²) in [6, 6.07) is 3.51. The van der Waals surface area contributed by atoms with Gasteiger partial charge in [0, 0.05) is 10.5 Å². The van der Waals surface area contributed by atoms with Gasteiger partial charge in [-0.3, -0.25) is 0 Å². The molecule has 2 aromatic rings. The molecule has 78 valence electrons. The maximum Gasteiger partial charge on any atom is 0.351 e. The predicted octanol–water partition coefficient (Wildman–Crippen LogP) is 2.57. The molecule has 6 heteroatoms. The van der Waals surface area contributed by atoms with E-state index in [1.807, 2.05) is 6.92 Å². The van der Waals surface area contributed by atoms with Crippen molar-refractivity contribution >= 4 is 27.4 Å². The Hall–Kier alpha value is -1.43. The van der Waals surface area contributed by atoms with Crippen LogP contribution in [0.15, 0.2) is 22.8 Å². The number of aromatic nitrogens is 2. The summed E-state index contributed by atoms with van der Waals surface area (Å²) >= 11 is 3.30. The number of nitrogens with zero attached hydrogens (tertiary/aromatic N) is 3. The molecule has 0 aliphatic heterocycles. The van der Waals surface area contributed by atoms with E-state index < -0.39 is 4.92 Å². The second-order valence-electron chi connectivity index (χ2n) is 3.07. The van der Waals surface area contributed by atoms with Gasteiger partial charge in [-0.1, -0.05) is 22.9 Å². The number of rotatable bonds is 2. The molecule has 0 aromatic carbocycles. The first-order valence-corrected chi connectivity index (χ1v) is 5.23. The fourth-order valence-corrected chi connectivity index (χ4v) is 1.81. The predicted molar refractivity (Wildman–Crippen MR) is 58.9 cm³/mol. The Morgan fingerprint density at radius 1 is 1.67 bits per heavy atom.